The van der Waals surface area contributed by atoms with Crippen molar-refractivity contribution in [2.75, 3.05) is 39.6 Å². The van der Waals surface area contributed by atoms with Crippen LogP contribution in [0.4, 0.5) is 0 Å². The molecule has 0 saturated heterocycles. The Kier molecular flexibility index (Phi) is 10.6. The first kappa shape index (κ1) is 28.4. The number of hydrogen-bond acceptors (Lipinski definition) is 7. The fourth-order valence-corrected chi connectivity index (χ4v) is 4.42. The van der Waals surface area contributed by atoms with E-state index in [1.54, 1.807) is 12.2 Å². The number of aliphatic hydroxyl groups excluding tert-OH is 2. The molecule has 3 aromatic rings. The lowest BCUT2D eigenvalue weighted by Gasteiger charge is -2.26. The zero-order chi connectivity index (χ0) is 27.5. The maximum Gasteiger partial charge on any atom is 0.131 e. The summed E-state index contributed by atoms with van der Waals surface area (Å²) in [4.78, 5) is 0. The number of aliphatic hydroxyl groups is 2. The van der Waals surface area contributed by atoms with E-state index in [0.29, 0.717) is 37.6 Å². The van der Waals surface area contributed by atoms with Crippen LogP contribution >= 0.6 is 0 Å². The molecule has 1 aliphatic carbocycles. The third-order valence-corrected chi connectivity index (χ3v) is 6.14. The summed E-state index contributed by atoms with van der Waals surface area (Å²) in [5.74, 6) is 2.92. The second-order valence-electron chi connectivity index (χ2n) is 9.21. The summed E-state index contributed by atoms with van der Waals surface area (Å²) in [5.41, 5.74) is 1.88. The number of para-hydroxylation sites is 1. The van der Waals surface area contributed by atoms with Crippen molar-refractivity contribution >= 4 is 10.8 Å². The molecule has 0 aromatic heterocycles. The van der Waals surface area contributed by atoms with Crippen LogP contribution in [-0.2, 0) is 22.3 Å². The molecule has 4 rings (SSSR count). The van der Waals surface area contributed by atoms with Crippen LogP contribution in [0.3, 0.4) is 0 Å². The van der Waals surface area contributed by atoms with Gasteiger partial charge in [0.25, 0.3) is 0 Å². The summed E-state index contributed by atoms with van der Waals surface area (Å²) in [5, 5.41) is 22.6. The second kappa shape index (κ2) is 14.5. The van der Waals surface area contributed by atoms with E-state index in [2.05, 4.69) is 13.2 Å². The predicted molar refractivity (Wildman–Crippen MR) is 152 cm³/mol. The van der Waals surface area contributed by atoms with E-state index in [4.69, 9.17) is 23.7 Å². The van der Waals surface area contributed by atoms with Gasteiger partial charge in [0, 0.05) is 28.3 Å². The van der Waals surface area contributed by atoms with Gasteiger partial charge in [0.2, 0.25) is 0 Å². The van der Waals surface area contributed by atoms with E-state index < -0.39 is 12.2 Å². The lowest BCUT2D eigenvalue weighted by atomic mass is 9.89. The SMILES string of the molecule is C=CCOCC(O)COc1c2c(c(OCC(O)COCC=C)c3ccccc13)CC(Oc1ccccc1)=CC2. The molecule has 0 aliphatic heterocycles. The first-order valence-corrected chi connectivity index (χ1v) is 13.1. The standard InChI is InChI=1S/C32H36O7/c1-3-16-35-19-23(33)21-37-31-27-12-8-9-13-28(27)32(38-22-24(34)20-36-17-4-2)30-18-26(14-15-29(30)31)39-25-10-6-5-7-11-25/h3-14,23-24,33-34H,1-2,15-22H2. The molecule has 0 saturated carbocycles. The molecule has 2 atom stereocenters. The van der Waals surface area contributed by atoms with Crippen molar-refractivity contribution in [3.8, 4) is 17.2 Å². The molecule has 7 heteroatoms. The second-order valence-corrected chi connectivity index (χ2v) is 9.21. The highest BCUT2D eigenvalue weighted by Crippen LogP contribution is 2.44. The minimum atomic E-state index is -0.805. The minimum Gasteiger partial charge on any atom is -0.490 e. The van der Waals surface area contributed by atoms with Crippen molar-refractivity contribution in [3.05, 3.63) is 103 Å². The van der Waals surface area contributed by atoms with Crippen molar-refractivity contribution in [1.29, 1.82) is 0 Å². The number of allylic oxidation sites excluding steroid dienone is 2. The first-order chi connectivity index (χ1) is 19.1. The van der Waals surface area contributed by atoms with Crippen LogP contribution in [0.25, 0.3) is 10.8 Å². The third kappa shape index (κ3) is 7.71. The summed E-state index contributed by atoms with van der Waals surface area (Å²) in [6.45, 7) is 8.40. The molecule has 2 N–H and O–H groups in total. The Morgan fingerprint density at radius 2 is 1.26 bits per heavy atom. The average molecular weight is 533 g/mol. The largest absolute Gasteiger partial charge is 0.490 e. The van der Waals surface area contributed by atoms with Gasteiger partial charge >= 0.3 is 0 Å². The normalized spacial score (nSPS) is 14.2. The summed E-state index contributed by atoms with van der Waals surface area (Å²) in [6.07, 6.45) is 4.76. The van der Waals surface area contributed by atoms with Crippen molar-refractivity contribution in [1.82, 2.24) is 0 Å². The van der Waals surface area contributed by atoms with Crippen LogP contribution in [0.2, 0.25) is 0 Å². The zero-order valence-corrected chi connectivity index (χ0v) is 22.1. The molecule has 7 nitrogen and oxygen atoms in total. The van der Waals surface area contributed by atoms with Crippen LogP contribution in [-0.4, -0.2) is 62.1 Å². The monoisotopic (exact) mass is 532 g/mol. The van der Waals surface area contributed by atoms with Gasteiger partial charge in [-0.3, -0.25) is 0 Å². The van der Waals surface area contributed by atoms with E-state index in [9.17, 15) is 10.2 Å². The lowest BCUT2D eigenvalue weighted by Crippen LogP contribution is -2.25. The van der Waals surface area contributed by atoms with E-state index in [-0.39, 0.29) is 26.4 Å². The molecule has 0 spiro atoms. The summed E-state index contributed by atoms with van der Waals surface area (Å²) >= 11 is 0. The number of benzene rings is 3. The molecule has 0 bridgehead atoms. The van der Waals surface area contributed by atoms with E-state index in [1.165, 1.54) is 0 Å². The number of ether oxygens (including phenoxy) is 5. The van der Waals surface area contributed by atoms with Gasteiger partial charge in [0.15, 0.2) is 0 Å². The van der Waals surface area contributed by atoms with E-state index in [1.807, 2.05) is 60.7 Å². The fraction of sp³-hybridized carbons (Fsp3) is 0.312. The summed E-state index contributed by atoms with van der Waals surface area (Å²) in [6, 6.07) is 17.5. The third-order valence-electron chi connectivity index (χ3n) is 6.14. The van der Waals surface area contributed by atoms with E-state index >= 15 is 0 Å². The Morgan fingerprint density at radius 3 is 1.82 bits per heavy atom. The quantitative estimate of drug-likeness (QED) is 0.203. The maximum atomic E-state index is 10.5. The molecule has 0 amide bonds. The number of rotatable bonds is 16. The molecule has 3 aromatic carbocycles. The Bertz CT molecular complexity index is 1270. The molecule has 0 heterocycles. The van der Waals surface area contributed by atoms with Gasteiger partial charge < -0.3 is 33.9 Å². The Morgan fingerprint density at radius 1 is 0.718 bits per heavy atom. The number of hydrogen-bond donors (Lipinski definition) is 2. The fourth-order valence-electron chi connectivity index (χ4n) is 4.42. The molecule has 1 aliphatic rings. The van der Waals surface area contributed by atoms with Gasteiger partial charge in [0.05, 0.1) is 26.4 Å². The average Bonchev–Trinajstić information content (AvgIpc) is 2.95. The smallest absolute Gasteiger partial charge is 0.131 e. The van der Waals surface area contributed by atoms with Crippen molar-refractivity contribution in [2.45, 2.75) is 25.0 Å². The van der Waals surface area contributed by atoms with Crippen LogP contribution in [0.5, 0.6) is 17.2 Å². The van der Waals surface area contributed by atoms with Crippen LogP contribution in [0, 0.1) is 0 Å². The van der Waals surface area contributed by atoms with Gasteiger partial charge in [0.1, 0.15) is 48.4 Å². The molecular formula is C32H36O7. The van der Waals surface area contributed by atoms with Crippen molar-refractivity contribution in [3.63, 3.8) is 0 Å². The minimum absolute atomic E-state index is 0.0612. The molecule has 0 radical (unpaired) electrons. The highest BCUT2D eigenvalue weighted by molar-refractivity contribution is 5.96. The van der Waals surface area contributed by atoms with E-state index in [0.717, 1.165) is 33.4 Å². The topological polar surface area (TPSA) is 86.6 Å². The van der Waals surface area contributed by atoms with Gasteiger partial charge in [-0.1, -0.05) is 54.6 Å². The molecule has 206 valence electrons. The maximum absolute atomic E-state index is 10.5. The van der Waals surface area contributed by atoms with Gasteiger partial charge in [-0.15, -0.1) is 13.2 Å². The zero-order valence-electron chi connectivity index (χ0n) is 22.1. The van der Waals surface area contributed by atoms with Gasteiger partial charge in [-0.2, -0.15) is 0 Å². The summed E-state index contributed by atoms with van der Waals surface area (Å²) in [7, 11) is 0. The van der Waals surface area contributed by atoms with Gasteiger partial charge in [-0.05, 0) is 24.6 Å². The predicted octanol–water partition coefficient (Wildman–Crippen LogP) is 4.79. The highest BCUT2D eigenvalue weighted by atomic mass is 16.5. The van der Waals surface area contributed by atoms with Crippen LogP contribution in [0.15, 0.2) is 91.7 Å². The van der Waals surface area contributed by atoms with Gasteiger partial charge in [-0.25, -0.2) is 0 Å². The number of fused-ring (bicyclic) bond motifs is 2. The molecule has 39 heavy (non-hydrogen) atoms. The van der Waals surface area contributed by atoms with Crippen LogP contribution < -0.4 is 14.2 Å². The molecule has 0 fully saturated rings. The molecular weight excluding hydrogens is 496 g/mol. The van der Waals surface area contributed by atoms with Crippen LogP contribution in [0.1, 0.15) is 11.1 Å². The molecule has 2 unspecified atom stereocenters. The Hall–Kier alpha value is -3.62. The van der Waals surface area contributed by atoms with Crippen molar-refractivity contribution in [2.24, 2.45) is 0 Å². The summed E-state index contributed by atoms with van der Waals surface area (Å²) < 4.78 is 29.5. The highest BCUT2D eigenvalue weighted by Gasteiger charge is 2.26. The Labute approximate surface area is 229 Å². The van der Waals surface area contributed by atoms with Crippen molar-refractivity contribution < 1.29 is 33.9 Å². The lowest BCUT2D eigenvalue weighted by molar-refractivity contribution is 0.0208. The Balaban J connectivity index is 1.65. The first-order valence-electron chi connectivity index (χ1n) is 13.1.